The van der Waals surface area contributed by atoms with Crippen molar-refractivity contribution in [3.05, 3.63) is 54.1 Å². The molecule has 0 atom stereocenters. The highest BCUT2D eigenvalue weighted by Crippen LogP contribution is 2.17. The highest BCUT2D eigenvalue weighted by Gasteiger charge is 1.97. The number of ether oxygens (including phenoxy) is 3. The Bertz CT molecular complexity index is 523. The summed E-state index contributed by atoms with van der Waals surface area (Å²) in [4.78, 5) is 0. The van der Waals surface area contributed by atoms with Gasteiger partial charge in [-0.1, -0.05) is 12.1 Å². The summed E-state index contributed by atoms with van der Waals surface area (Å²) in [5.74, 6) is 1.72. The molecular formula is C17H21NO3. The molecule has 0 aromatic heterocycles. The van der Waals surface area contributed by atoms with Gasteiger partial charge in [0, 0.05) is 19.3 Å². The zero-order valence-electron chi connectivity index (χ0n) is 12.5. The van der Waals surface area contributed by atoms with E-state index in [9.17, 15) is 0 Å². The van der Waals surface area contributed by atoms with Gasteiger partial charge in [-0.15, -0.1) is 0 Å². The molecule has 0 amide bonds. The van der Waals surface area contributed by atoms with E-state index in [2.05, 4.69) is 5.32 Å². The number of benzene rings is 2. The lowest BCUT2D eigenvalue weighted by atomic mass is 10.2. The van der Waals surface area contributed by atoms with E-state index in [1.165, 1.54) is 5.56 Å². The molecule has 0 aliphatic heterocycles. The van der Waals surface area contributed by atoms with Gasteiger partial charge in [0.1, 0.15) is 18.1 Å². The molecule has 2 aromatic carbocycles. The van der Waals surface area contributed by atoms with Gasteiger partial charge < -0.3 is 19.5 Å². The lowest BCUT2D eigenvalue weighted by Crippen LogP contribution is -2.04. The van der Waals surface area contributed by atoms with Crippen molar-refractivity contribution in [1.82, 2.24) is 0 Å². The molecule has 0 saturated heterocycles. The van der Waals surface area contributed by atoms with Crippen LogP contribution in [0, 0.1) is 0 Å². The van der Waals surface area contributed by atoms with Crippen molar-refractivity contribution in [1.29, 1.82) is 0 Å². The Morgan fingerprint density at radius 3 is 2.10 bits per heavy atom. The van der Waals surface area contributed by atoms with Crippen LogP contribution in [0.4, 0.5) is 5.69 Å². The third-order valence-electron chi connectivity index (χ3n) is 3.07. The van der Waals surface area contributed by atoms with Crippen molar-refractivity contribution in [2.75, 3.05) is 32.8 Å². The highest BCUT2D eigenvalue weighted by atomic mass is 16.5. The molecule has 2 rings (SSSR count). The summed E-state index contributed by atoms with van der Waals surface area (Å²) in [5, 5.41) is 3.37. The van der Waals surface area contributed by atoms with Crippen LogP contribution in [0.1, 0.15) is 5.56 Å². The first-order valence-corrected chi connectivity index (χ1v) is 6.90. The molecule has 112 valence electrons. The fraction of sp³-hybridized carbons (Fsp3) is 0.294. The van der Waals surface area contributed by atoms with E-state index < -0.39 is 0 Å². The molecule has 0 aliphatic rings. The van der Waals surface area contributed by atoms with E-state index in [-0.39, 0.29) is 0 Å². The maximum atomic E-state index is 5.52. The van der Waals surface area contributed by atoms with Crippen LogP contribution < -0.4 is 14.8 Å². The zero-order valence-corrected chi connectivity index (χ0v) is 12.5. The Kier molecular flexibility index (Phi) is 5.91. The summed E-state index contributed by atoms with van der Waals surface area (Å²) < 4.78 is 15.6. The van der Waals surface area contributed by atoms with E-state index in [4.69, 9.17) is 14.2 Å². The van der Waals surface area contributed by atoms with Crippen LogP contribution in [-0.2, 0) is 11.3 Å². The third-order valence-corrected chi connectivity index (χ3v) is 3.07. The van der Waals surface area contributed by atoms with E-state index in [1.807, 2.05) is 48.5 Å². The highest BCUT2D eigenvalue weighted by molar-refractivity contribution is 5.47. The Balaban J connectivity index is 1.82. The molecule has 0 unspecified atom stereocenters. The van der Waals surface area contributed by atoms with Gasteiger partial charge in [-0.3, -0.25) is 0 Å². The summed E-state index contributed by atoms with van der Waals surface area (Å²) in [7, 11) is 3.33. The molecule has 0 fully saturated rings. The van der Waals surface area contributed by atoms with Gasteiger partial charge in [0.25, 0.3) is 0 Å². The minimum atomic E-state index is 0.565. The second-order valence-corrected chi connectivity index (χ2v) is 4.57. The van der Waals surface area contributed by atoms with Crippen LogP contribution in [0.25, 0.3) is 0 Å². The van der Waals surface area contributed by atoms with Gasteiger partial charge >= 0.3 is 0 Å². The molecule has 0 radical (unpaired) electrons. The Labute approximate surface area is 125 Å². The first-order chi connectivity index (χ1) is 10.3. The quantitative estimate of drug-likeness (QED) is 0.756. The van der Waals surface area contributed by atoms with Crippen molar-refractivity contribution >= 4 is 5.69 Å². The van der Waals surface area contributed by atoms with Crippen molar-refractivity contribution in [3.8, 4) is 11.5 Å². The van der Waals surface area contributed by atoms with Crippen molar-refractivity contribution in [2.24, 2.45) is 0 Å². The second-order valence-electron chi connectivity index (χ2n) is 4.57. The van der Waals surface area contributed by atoms with Crippen molar-refractivity contribution < 1.29 is 14.2 Å². The van der Waals surface area contributed by atoms with Crippen LogP contribution in [-0.4, -0.2) is 27.4 Å². The molecule has 21 heavy (non-hydrogen) atoms. The zero-order chi connectivity index (χ0) is 14.9. The van der Waals surface area contributed by atoms with Crippen LogP contribution in [0.2, 0.25) is 0 Å². The summed E-state index contributed by atoms with van der Waals surface area (Å²) in [6.45, 7) is 1.93. The smallest absolute Gasteiger partial charge is 0.119 e. The molecule has 0 heterocycles. The Morgan fingerprint density at radius 2 is 1.48 bits per heavy atom. The van der Waals surface area contributed by atoms with Crippen molar-refractivity contribution in [3.63, 3.8) is 0 Å². The molecule has 0 saturated carbocycles. The first kappa shape index (κ1) is 15.2. The molecule has 2 aromatic rings. The minimum Gasteiger partial charge on any atom is -0.497 e. The second kappa shape index (κ2) is 8.17. The van der Waals surface area contributed by atoms with Gasteiger partial charge in [0.15, 0.2) is 0 Å². The number of methoxy groups -OCH3 is 2. The van der Waals surface area contributed by atoms with E-state index >= 15 is 0 Å². The minimum absolute atomic E-state index is 0.565. The normalized spacial score (nSPS) is 10.2. The SMILES string of the molecule is COCCOc1ccc(NCc2ccc(OC)cc2)cc1. The third kappa shape index (κ3) is 5.00. The van der Waals surface area contributed by atoms with Gasteiger partial charge in [-0.25, -0.2) is 0 Å². The number of anilines is 1. The molecule has 4 heteroatoms. The number of rotatable bonds is 8. The maximum Gasteiger partial charge on any atom is 0.119 e. The largest absolute Gasteiger partial charge is 0.497 e. The molecule has 4 nitrogen and oxygen atoms in total. The molecule has 0 bridgehead atoms. The lowest BCUT2D eigenvalue weighted by Gasteiger charge is -2.09. The standard InChI is InChI=1S/C17H21NO3/c1-19-11-12-21-17-9-5-15(6-10-17)18-13-14-3-7-16(20-2)8-4-14/h3-10,18H,11-13H2,1-2H3. The fourth-order valence-corrected chi connectivity index (χ4v) is 1.86. The summed E-state index contributed by atoms with van der Waals surface area (Å²) >= 11 is 0. The molecular weight excluding hydrogens is 266 g/mol. The molecule has 0 spiro atoms. The van der Waals surface area contributed by atoms with Crippen LogP contribution in [0.5, 0.6) is 11.5 Å². The van der Waals surface area contributed by atoms with Crippen LogP contribution in [0.3, 0.4) is 0 Å². The Morgan fingerprint density at radius 1 is 0.810 bits per heavy atom. The van der Waals surface area contributed by atoms with Crippen molar-refractivity contribution in [2.45, 2.75) is 6.54 Å². The van der Waals surface area contributed by atoms with Gasteiger partial charge in [-0.2, -0.15) is 0 Å². The van der Waals surface area contributed by atoms with E-state index in [1.54, 1.807) is 14.2 Å². The first-order valence-electron chi connectivity index (χ1n) is 6.90. The predicted molar refractivity (Wildman–Crippen MR) is 84.1 cm³/mol. The van der Waals surface area contributed by atoms with Gasteiger partial charge in [-0.05, 0) is 42.0 Å². The van der Waals surface area contributed by atoms with Gasteiger partial charge in [0.2, 0.25) is 0 Å². The molecule has 1 N–H and O–H groups in total. The Hall–Kier alpha value is -2.20. The number of nitrogens with one attached hydrogen (secondary N) is 1. The monoisotopic (exact) mass is 287 g/mol. The summed E-state index contributed by atoms with van der Waals surface area (Å²) in [5.41, 5.74) is 2.26. The fourth-order valence-electron chi connectivity index (χ4n) is 1.86. The average Bonchev–Trinajstić information content (AvgIpc) is 2.55. The van der Waals surface area contributed by atoms with Gasteiger partial charge in [0.05, 0.1) is 13.7 Å². The summed E-state index contributed by atoms with van der Waals surface area (Å²) in [6, 6.07) is 15.9. The lowest BCUT2D eigenvalue weighted by molar-refractivity contribution is 0.146. The summed E-state index contributed by atoms with van der Waals surface area (Å²) in [6.07, 6.45) is 0. The number of hydrogen-bond donors (Lipinski definition) is 1. The maximum absolute atomic E-state index is 5.52. The topological polar surface area (TPSA) is 39.7 Å². The predicted octanol–water partition coefficient (Wildman–Crippen LogP) is 3.33. The van der Waals surface area contributed by atoms with E-state index in [0.717, 1.165) is 23.7 Å². The average molecular weight is 287 g/mol. The van der Waals surface area contributed by atoms with Crippen LogP contribution in [0.15, 0.2) is 48.5 Å². The van der Waals surface area contributed by atoms with Crippen LogP contribution >= 0.6 is 0 Å². The van der Waals surface area contributed by atoms with E-state index in [0.29, 0.717) is 13.2 Å². The molecule has 0 aliphatic carbocycles. The number of hydrogen-bond acceptors (Lipinski definition) is 4.